The third-order valence-corrected chi connectivity index (χ3v) is 3.01. The average Bonchev–Trinajstić information content (AvgIpc) is 2.41. The summed E-state index contributed by atoms with van der Waals surface area (Å²) >= 11 is 0. The Morgan fingerprint density at radius 1 is 1.33 bits per heavy atom. The van der Waals surface area contributed by atoms with Crippen molar-refractivity contribution in [2.45, 2.75) is 26.2 Å². The van der Waals surface area contributed by atoms with Gasteiger partial charge < -0.3 is 10.2 Å². The molecule has 0 saturated carbocycles. The normalized spacial score (nSPS) is 15.9. The summed E-state index contributed by atoms with van der Waals surface area (Å²) in [6.45, 7) is 3.98. The van der Waals surface area contributed by atoms with Gasteiger partial charge in [0.2, 0.25) is 5.91 Å². The number of rotatable bonds is 3. The highest BCUT2D eigenvalue weighted by molar-refractivity contribution is 5.99. The van der Waals surface area contributed by atoms with Crippen molar-refractivity contribution in [3.05, 3.63) is 30.5 Å². The molecule has 1 aromatic heterocycles. The summed E-state index contributed by atoms with van der Waals surface area (Å²) < 4.78 is 0. The number of anilines is 2. The highest BCUT2D eigenvalue weighted by Gasteiger charge is 2.11. The van der Waals surface area contributed by atoms with E-state index in [1.165, 1.54) is 25.3 Å². The van der Waals surface area contributed by atoms with Gasteiger partial charge in [0.15, 0.2) is 0 Å². The Bertz CT molecular complexity index is 419. The van der Waals surface area contributed by atoms with Crippen LogP contribution in [0.4, 0.5) is 11.5 Å². The molecule has 96 valence electrons. The van der Waals surface area contributed by atoms with Crippen LogP contribution in [-0.4, -0.2) is 24.0 Å². The maximum absolute atomic E-state index is 11.4. The highest BCUT2D eigenvalue weighted by Crippen LogP contribution is 2.18. The second-order valence-electron chi connectivity index (χ2n) is 4.44. The van der Waals surface area contributed by atoms with Gasteiger partial charge in [-0.3, -0.25) is 4.79 Å². The quantitative estimate of drug-likeness (QED) is 0.832. The Balaban J connectivity index is 1.98. The molecular formula is C14H19N3O. The van der Waals surface area contributed by atoms with Gasteiger partial charge in [0.1, 0.15) is 5.82 Å². The van der Waals surface area contributed by atoms with Crippen LogP contribution in [0.5, 0.6) is 0 Å². The molecule has 2 rings (SSSR count). The van der Waals surface area contributed by atoms with Gasteiger partial charge in [-0.25, -0.2) is 4.98 Å². The zero-order valence-corrected chi connectivity index (χ0v) is 10.7. The Labute approximate surface area is 108 Å². The van der Waals surface area contributed by atoms with Gasteiger partial charge in [0, 0.05) is 13.1 Å². The van der Waals surface area contributed by atoms with Crippen molar-refractivity contribution in [2.75, 3.05) is 23.3 Å². The van der Waals surface area contributed by atoms with E-state index < -0.39 is 0 Å². The predicted molar refractivity (Wildman–Crippen MR) is 73.7 cm³/mol. The van der Waals surface area contributed by atoms with E-state index in [1.54, 1.807) is 12.3 Å². The summed E-state index contributed by atoms with van der Waals surface area (Å²) in [5.74, 6) is 0.878. The number of amides is 1. The molecule has 0 atom stereocenters. The lowest BCUT2D eigenvalue weighted by Gasteiger charge is -2.27. The second kappa shape index (κ2) is 6.19. The molecule has 4 heteroatoms. The first-order valence-corrected chi connectivity index (χ1v) is 6.44. The number of pyridine rings is 1. The van der Waals surface area contributed by atoms with Crippen LogP contribution in [0.25, 0.3) is 0 Å². The summed E-state index contributed by atoms with van der Waals surface area (Å²) in [7, 11) is 0. The summed E-state index contributed by atoms with van der Waals surface area (Å²) in [5, 5.41) is 2.77. The van der Waals surface area contributed by atoms with Crippen molar-refractivity contribution in [1.82, 2.24) is 4.98 Å². The third-order valence-electron chi connectivity index (χ3n) is 3.01. The summed E-state index contributed by atoms with van der Waals surface area (Å²) in [6.07, 6.45) is 8.71. The minimum Gasteiger partial charge on any atom is -0.357 e. The molecular weight excluding hydrogens is 226 g/mol. The monoisotopic (exact) mass is 245 g/mol. The fourth-order valence-corrected chi connectivity index (χ4v) is 2.11. The van der Waals surface area contributed by atoms with E-state index in [4.69, 9.17) is 0 Å². The Kier molecular flexibility index (Phi) is 4.34. The minimum absolute atomic E-state index is 0.120. The van der Waals surface area contributed by atoms with Crippen LogP contribution in [0.1, 0.15) is 26.2 Å². The molecule has 0 unspecified atom stereocenters. The van der Waals surface area contributed by atoms with E-state index in [-0.39, 0.29) is 5.91 Å². The highest BCUT2D eigenvalue weighted by atomic mass is 16.1. The molecule has 1 fully saturated rings. The van der Waals surface area contributed by atoms with Gasteiger partial charge in [-0.05, 0) is 44.4 Å². The van der Waals surface area contributed by atoms with Crippen molar-refractivity contribution >= 4 is 17.4 Å². The molecule has 0 aliphatic carbocycles. The maximum atomic E-state index is 11.4. The van der Waals surface area contributed by atoms with Crippen molar-refractivity contribution in [2.24, 2.45) is 0 Å². The van der Waals surface area contributed by atoms with Crippen molar-refractivity contribution in [3.63, 3.8) is 0 Å². The molecule has 1 aromatic rings. The molecule has 1 amide bonds. The Morgan fingerprint density at radius 2 is 2.11 bits per heavy atom. The van der Waals surface area contributed by atoms with Crippen molar-refractivity contribution < 1.29 is 4.79 Å². The maximum Gasteiger partial charge on any atom is 0.248 e. The number of nitrogens with one attached hydrogen (secondary N) is 1. The second-order valence-corrected chi connectivity index (χ2v) is 4.44. The molecule has 0 bridgehead atoms. The van der Waals surface area contributed by atoms with Crippen LogP contribution < -0.4 is 10.2 Å². The summed E-state index contributed by atoms with van der Waals surface area (Å²) in [4.78, 5) is 18.1. The number of hydrogen-bond donors (Lipinski definition) is 1. The Morgan fingerprint density at radius 3 is 2.72 bits per heavy atom. The van der Waals surface area contributed by atoms with Crippen molar-refractivity contribution in [1.29, 1.82) is 0 Å². The zero-order valence-electron chi connectivity index (χ0n) is 10.7. The van der Waals surface area contributed by atoms with Gasteiger partial charge in [-0.1, -0.05) is 6.08 Å². The van der Waals surface area contributed by atoms with Crippen LogP contribution in [0, 0.1) is 0 Å². The molecule has 0 aromatic carbocycles. The van der Waals surface area contributed by atoms with Crippen LogP contribution >= 0.6 is 0 Å². The van der Waals surface area contributed by atoms with Gasteiger partial charge in [0.05, 0.1) is 11.9 Å². The lowest BCUT2D eigenvalue weighted by atomic mass is 10.1. The van der Waals surface area contributed by atoms with E-state index in [0.717, 1.165) is 24.6 Å². The van der Waals surface area contributed by atoms with Gasteiger partial charge in [-0.2, -0.15) is 0 Å². The molecule has 4 nitrogen and oxygen atoms in total. The third kappa shape index (κ3) is 3.32. The van der Waals surface area contributed by atoms with Gasteiger partial charge in [0.25, 0.3) is 0 Å². The number of carbonyl (C=O) groups excluding carboxylic acids is 1. The van der Waals surface area contributed by atoms with Crippen LogP contribution in [0.15, 0.2) is 30.5 Å². The molecule has 1 aliphatic rings. The fourth-order valence-electron chi connectivity index (χ4n) is 2.11. The molecule has 18 heavy (non-hydrogen) atoms. The largest absolute Gasteiger partial charge is 0.357 e. The first kappa shape index (κ1) is 12.6. The summed E-state index contributed by atoms with van der Waals surface area (Å²) in [6, 6.07) is 3.87. The van der Waals surface area contributed by atoms with E-state index in [0.29, 0.717) is 0 Å². The standard InChI is InChI=1S/C14H19N3O/c1-2-6-14(18)16-12-7-8-13(15-11-12)17-9-4-3-5-10-17/h2,6-8,11H,3-5,9-10H2,1H3,(H,16,18). The molecule has 0 radical (unpaired) electrons. The number of piperidine rings is 1. The predicted octanol–water partition coefficient (Wildman–Crippen LogP) is 2.59. The minimum atomic E-state index is -0.120. The average molecular weight is 245 g/mol. The summed E-state index contributed by atoms with van der Waals surface area (Å²) in [5.41, 5.74) is 0.735. The van der Waals surface area contributed by atoms with E-state index in [2.05, 4.69) is 15.2 Å². The van der Waals surface area contributed by atoms with E-state index in [9.17, 15) is 4.79 Å². The van der Waals surface area contributed by atoms with Crippen LogP contribution in [0.3, 0.4) is 0 Å². The van der Waals surface area contributed by atoms with Gasteiger partial charge >= 0.3 is 0 Å². The topological polar surface area (TPSA) is 45.2 Å². The van der Waals surface area contributed by atoms with E-state index in [1.807, 2.05) is 19.1 Å². The van der Waals surface area contributed by atoms with Gasteiger partial charge in [-0.15, -0.1) is 0 Å². The number of allylic oxidation sites excluding steroid dienone is 1. The van der Waals surface area contributed by atoms with Crippen LogP contribution in [-0.2, 0) is 4.79 Å². The first-order valence-electron chi connectivity index (χ1n) is 6.44. The lowest BCUT2D eigenvalue weighted by molar-refractivity contribution is -0.111. The van der Waals surface area contributed by atoms with E-state index >= 15 is 0 Å². The lowest BCUT2D eigenvalue weighted by Crippen LogP contribution is -2.30. The molecule has 2 heterocycles. The molecule has 1 saturated heterocycles. The SMILES string of the molecule is CC=CC(=O)Nc1ccc(N2CCCCC2)nc1. The molecule has 0 spiro atoms. The first-order chi connectivity index (χ1) is 8.79. The number of hydrogen-bond acceptors (Lipinski definition) is 3. The number of nitrogens with zero attached hydrogens (tertiary/aromatic N) is 2. The molecule has 1 aliphatic heterocycles. The molecule has 1 N–H and O–H groups in total. The van der Waals surface area contributed by atoms with Crippen LogP contribution in [0.2, 0.25) is 0 Å². The smallest absolute Gasteiger partial charge is 0.248 e. The Hall–Kier alpha value is -1.84. The fraction of sp³-hybridized carbons (Fsp3) is 0.429. The zero-order chi connectivity index (χ0) is 12.8. The number of carbonyl (C=O) groups is 1. The number of aromatic nitrogens is 1. The van der Waals surface area contributed by atoms with Crippen molar-refractivity contribution in [3.8, 4) is 0 Å².